The minimum atomic E-state index is 0.431. The summed E-state index contributed by atoms with van der Waals surface area (Å²) in [6, 6.07) is 0.706. The Bertz CT molecular complexity index is 316. The minimum absolute atomic E-state index is 0.431. The summed E-state index contributed by atoms with van der Waals surface area (Å²) in [5, 5.41) is 0. The average Bonchev–Trinajstić information content (AvgIpc) is 2.49. The summed E-state index contributed by atoms with van der Waals surface area (Å²) in [4.78, 5) is 5.31. The summed E-state index contributed by atoms with van der Waals surface area (Å²) in [6.45, 7) is 17.8. The van der Waals surface area contributed by atoms with Crippen LogP contribution in [0.3, 0.4) is 0 Å². The molecule has 1 aliphatic carbocycles. The van der Waals surface area contributed by atoms with Gasteiger partial charge in [0.1, 0.15) is 0 Å². The van der Waals surface area contributed by atoms with Crippen LogP contribution in [0.4, 0.5) is 0 Å². The van der Waals surface area contributed by atoms with Gasteiger partial charge in [0, 0.05) is 38.8 Å². The minimum Gasteiger partial charge on any atom is -0.375 e. The lowest BCUT2D eigenvalue weighted by molar-refractivity contribution is -0.0387. The quantitative estimate of drug-likeness (QED) is 0.703. The highest BCUT2D eigenvalue weighted by atomic mass is 16.5. The maximum atomic E-state index is 6.26. The van der Waals surface area contributed by atoms with Crippen LogP contribution in [0, 0.1) is 11.8 Å². The van der Waals surface area contributed by atoms with E-state index in [-0.39, 0.29) is 0 Å². The van der Waals surface area contributed by atoms with E-state index in [4.69, 9.17) is 4.74 Å². The Labute approximate surface area is 144 Å². The standard InChI is InChI=1S/C20H40N2O/c1-16(2)14-18(5)23-20-8-6-19(7-9-20)15-21-10-12-22(13-11-21)17(3)4/h16-20H,6-15H2,1-5H3. The molecule has 0 amide bonds. The SMILES string of the molecule is CC(C)CC(C)OC1CCC(CN2CCN(C(C)C)CC2)CC1. The first-order valence-electron chi connectivity index (χ1n) is 10.1. The van der Waals surface area contributed by atoms with Crippen LogP contribution < -0.4 is 0 Å². The van der Waals surface area contributed by atoms with Gasteiger partial charge < -0.3 is 9.64 Å². The molecular weight excluding hydrogens is 284 g/mol. The second kappa shape index (κ2) is 9.39. The van der Waals surface area contributed by atoms with Crippen molar-refractivity contribution in [3.8, 4) is 0 Å². The molecule has 1 saturated carbocycles. The number of hydrogen-bond donors (Lipinski definition) is 0. The van der Waals surface area contributed by atoms with Crippen LogP contribution in [0.2, 0.25) is 0 Å². The third kappa shape index (κ3) is 6.72. The zero-order valence-electron chi connectivity index (χ0n) is 16.3. The largest absolute Gasteiger partial charge is 0.375 e. The summed E-state index contributed by atoms with van der Waals surface area (Å²) < 4.78 is 6.26. The van der Waals surface area contributed by atoms with Gasteiger partial charge in [-0.2, -0.15) is 0 Å². The van der Waals surface area contributed by atoms with Crippen LogP contribution >= 0.6 is 0 Å². The van der Waals surface area contributed by atoms with Crippen molar-refractivity contribution in [2.24, 2.45) is 11.8 Å². The van der Waals surface area contributed by atoms with Crippen molar-refractivity contribution in [2.75, 3.05) is 32.7 Å². The number of ether oxygens (including phenoxy) is 1. The molecule has 0 aromatic carbocycles. The summed E-state index contributed by atoms with van der Waals surface area (Å²) >= 11 is 0. The fraction of sp³-hybridized carbons (Fsp3) is 1.00. The molecule has 3 heteroatoms. The smallest absolute Gasteiger partial charge is 0.0579 e. The van der Waals surface area contributed by atoms with Gasteiger partial charge in [-0.15, -0.1) is 0 Å². The Morgan fingerprint density at radius 2 is 1.48 bits per heavy atom. The fourth-order valence-electron chi connectivity index (χ4n) is 4.33. The highest BCUT2D eigenvalue weighted by molar-refractivity contribution is 4.80. The van der Waals surface area contributed by atoms with Crippen LogP contribution in [0.1, 0.15) is 66.7 Å². The topological polar surface area (TPSA) is 15.7 Å². The van der Waals surface area contributed by atoms with Gasteiger partial charge >= 0.3 is 0 Å². The summed E-state index contributed by atoms with van der Waals surface area (Å²) in [5.74, 6) is 1.65. The molecule has 2 fully saturated rings. The van der Waals surface area contributed by atoms with Crippen LogP contribution in [0.15, 0.2) is 0 Å². The molecule has 0 aromatic rings. The van der Waals surface area contributed by atoms with Crippen molar-refractivity contribution in [1.82, 2.24) is 9.80 Å². The molecule has 1 aliphatic heterocycles. The highest BCUT2D eigenvalue weighted by Crippen LogP contribution is 2.28. The molecular formula is C20H40N2O. The van der Waals surface area contributed by atoms with Crippen molar-refractivity contribution in [1.29, 1.82) is 0 Å². The number of rotatable bonds is 7. The van der Waals surface area contributed by atoms with Gasteiger partial charge in [-0.3, -0.25) is 4.90 Å². The van der Waals surface area contributed by atoms with E-state index in [1.807, 2.05) is 0 Å². The molecule has 1 saturated heterocycles. The Balaban J connectivity index is 1.62. The van der Waals surface area contributed by atoms with E-state index in [0.717, 1.165) is 11.8 Å². The van der Waals surface area contributed by atoms with E-state index in [1.165, 1.54) is 64.8 Å². The van der Waals surface area contributed by atoms with Crippen LogP contribution in [-0.2, 0) is 4.74 Å². The molecule has 136 valence electrons. The van der Waals surface area contributed by atoms with E-state index in [9.17, 15) is 0 Å². The normalized spacial score (nSPS) is 29.3. The maximum absolute atomic E-state index is 6.26. The van der Waals surface area contributed by atoms with E-state index in [0.29, 0.717) is 18.2 Å². The van der Waals surface area contributed by atoms with Crippen molar-refractivity contribution < 1.29 is 4.74 Å². The van der Waals surface area contributed by atoms with Gasteiger partial charge in [-0.25, -0.2) is 0 Å². The molecule has 0 radical (unpaired) electrons. The van der Waals surface area contributed by atoms with Crippen LogP contribution in [0.5, 0.6) is 0 Å². The fourth-order valence-corrected chi connectivity index (χ4v) is 4.33. The van der Waals surface area contributed by atoms with Crippen molar-refractivity contribution in [3.63, 3.8) is 0 Å². The Morgan fingerprint density at radius 1 is 0.870 bits per heavy atom. The Hall–Kier alpha value is -0.120. The monoisotopic (exact) mass is 324 g/mol. The first kappa shape index (κ1) is 19.2. The van der Waals surface area contributed by atoms with Gasteiger partial charge in [0.2, 0.25) is 0 Å². The molecule has 1 unspecified atom stereocenters. The van der Waals surface area contributed by atoms with E-state index in [2.05, 4.69) is 44.4 Å². The van der Waals surface area contributed by atoms with E-state index < -0.39 is 0 Å². The number of hydrogen-bond acceptors (Lipinski definition) is 3. The third-order valence-corrected chi connectivity index (χ3v) is 5.68. The highest BCUT2D eigenvalue weighted by Gasteiger charge is 2.26. The first-order chi connectivity index (χ1) is 10.9. The number of nitrogens with zero attached hydrogens (tertiary/aromatic N) is 2. The molecule has 0 bridgehead atoms. The lowest BCUT2D eigenvalue weighted by Gasteiger charge is -2.39. The van der Waals surface area contributed by atoms with Crippen LogP contribution in [-0.4, -0.2) is 60.8 Å². The third-order valence-electron chi connectivity index (χ3n) is 5.68. The summed E-state index contributed by atoms with van der Waals surface area (Å²) in [6.07, 6.45) is 7.43. The number of piperazine rings is 1. The second-order valence-electron chi connectivity index (χ2n) is 8.65. The molecule has 2 aliphatic rings. The average molecular weight is 325 g/mol. The van der Waals surface area contributed by atoms with Gasteiger partial charge in [0.15, 0.2) is 0 Å². The van der Waals surface area contributed by atoms with Gasteiger partial charge in [-0.1, -0.05) is 13.8 Å². The van der Waals surface area contributed by atoms with Crippen LogP contribution in [0.25, 0.3) is 0 Å². The first-order valence-corrected chi connectivity index (χ1v) is 10.1. The van der Waals surface area contributed by atoms with Crippen molar-refractivity contribution in [3.05, 3.63) is 0 Å². The lowest BCUT2D eigenvalue weighted by Crippen LogP contribution is -2.50. The Kier molecular flexibility index (Phi) is 7.84. The summed E-state index contributed by atoms with van der Waals surface area (Å²) in [7, 11) is 0. The molecule has 2 rings (SSSR count). The van der Waals surface area contributed by atoms with E-state index >= 15 is 0 Å². The Morgan fingerprint density at radius 3 is 2.00 bits per heavy atom. The van der Waals surface area contributed by atoms with E-state index in [1.54, 1.807) is 0 Å². The zero-order valence-corrected chi connectivity index (χ0v) is 16.3. The molecule has 23 heavy (non-hydrogen) atoms. The molecule has 0 spiro atoms. The second-order valence-corrected chi connectivity index (χ2v) is 8.65. The van der Waals surface area contributed by atoms with Gasteiger partial charge in [0.25, 0.3) is 0 Å². The molecule has 0 N–H and O–H groups in total. The van der Waals surface area contributed by atoms with Gasteiger partial charge in [-0.05, 0) is 64.7 Å². The maximum Gasteiger partial charge on any atom is 0.0579 e. The predicted octanol–water partition coefficient (Wildman–Crippen LogP) is 4.02. The zero-order chi connectivity index (χ0) is 16.8. The molecule has 1 heterocycles. The predicted molar refractivity (Wildman–Crippen MR) is 98.9 cm³/mol. The summed E-state index contributed by atoms with van der Waals surface area (Å²) in [5.41, 5.74) is 0. The molecule has 1 atom stereocenters. The molecule has 0 aromatic heterocycles. The van der Waals surface area contributed by atoms with Crippen molar-refractivity contribution in [2.45, 2.75) is 85.0 Å². The van der Waals surface area contributed by atoms with Gasteiger partial charge in [0.05, 0.1) is 12.2 Å². The molecule has 3 nitrogen and oxygen atoms in total. The lowest BCUT2D eigenvalue weighted by atomic mass is 9.86. The van der Waals surface area contributed by atoms with Crippen molar-refractivity contribution >= 4 is 0 Å².